The predicted molar refractivity (Wildman–Crippen MR) is 128 cm³/mol. The van der Waals surface area contributed by atoms with Crippen molar-refractivity contribution in [1.29, 1.82) is 5.26 Å². The molecule has 7 nitrogen and oxygen atoms in total. The third kappa shape index (κ3) is 3.93. The zero-order valence-electron chi connectivity index (χ0n) is 19.4. The Morgan fingerprint density at radius 1 is 1.06 bits per heavy atom. The first kappa shape index (κ1) is 23.5. The van der Waals surface area contributed by atoms with E-state index in [-0.39, 0.29) is 10.8 Å². The fourth-order valence-electron chi connectivity index (χ4n) is 4.21. The quantitative estimate of drug-likeness (QED) is 0.420. The van der Waals surface area contributed by atoms with Crippen LogP contribution in [-0.2, 0) is 14.6 Å². The number of carbonyl (C=O) groups excluding carboxylic acids is 1. The average Bonchev–Trinajstić information content (AvgIpc) is 2.82. The topological polar surface area (TPSA) is 109 Å². The number of nitrogens with zero attached hydrogens (tertiary/aromatic N) is 2. The molecule has 4 rings (SSSR count). The number of hydrogen-bond donors (Lipinski definition) is 1. The fraction of sp³-hybridized carbons (Fsp3) is 0.269. The molecule has 0 aliphatic carbocycles. The summed E-state index contributed by atoms with van der Waals surface area (Å²) >= 11 is 0. The minimum Gasteiger partial charge on any atom is -0.438 e. The number of benzene rings is 2. The van der Waals surface area contributed by atoms with Crippen LogP contribution in [0.2, 0.25) is 0 Å². The zero-order valence-corrected chi connectivity index (χ0v) is 20.2. The van der Waals surface area contributed by atoms with E-state index in [1.54, 1.807) is 58.2 Å². The molecular weight excluding hydrogens is 450 g/mol. The molecule has 1 N–H and O–H groups in total. The molecule has 0 radical (unpaired) electrons. The van der Waals surface area contributed by atoms with Gasteiger partial charge < -0.3 is 4.74 Å². The van der Waals surface area contributed by atoms with E-state index in [2.05, 4.69) is 5.32 Å². The van der Waals surface area contributed by atoms with Gasteiger partial charge in [0.05, 0.1) is 21.3 Å². The highest BCUT2D eigenvalue weighted by atomic mass is 32.2. The summed E-state index contributed by atoms with van der Waals surface area (Å²) < 4.78 is 31.0. The van der Waals surface area contributed by atoms with Gasteiger partial charge in [-0.3, -0.25) is 10.1 Å². The van der Waals surface area contributed by atoms with Crippen molar-refractivity contribution in [3.8, 4) is 29.1 Å². The van der Waals surface area contributed by atoms with Gasteiger partial charge in [-0.15, -0.1) is 0 Å². The van der Waals surface area contributed by atoms with Gasteiger partial charge in [0.1, 0.15) is 5.75 Å². The molecule has 1 aromatic heterocycles. The van der Waals surface area contributed by atoms with E-state index in [1.165, 1.54) is 0 Å². The van der Waals surface area contributed by atoms with Gasteiger partial charge in [0.25, 0.3) is 0 Å². The van der Waals surface area contributed by atoms with Crippen molar-refractivity contribution >= 4 is 15.7 Å². The van der Waals surface area contributed by atoms with E-state index < -0.39 is 26.4 Å². The molecule has 0 saturated carbocycles. The van der Waals surface area contributed by atoms with Crippen LogP contribution in [0.1, 0.15) is 44.7 Å². The minimum absolute atomic E-state index is 0.264. The van der Waals surface area contributed by atoms with Crippen LogP contribution in [0.25, 0.3) is 11.3 Å². The Bertz CT molecular complexity index is 1400. The highest BCUT2D eigenvalue weighted by Gasteiger charge is 2.44. The Balaban J connectivity index is 1.78. The predicted octanol–water partition coefficient (Wildman–Crippen LogP) is 4.79. The molecule has 0 spiro atoms. The standard InChI is InChI=1S/C26H25N3O4S/c1-16(2)34(31,32)18-11-9-17(10-12-18)21-14-13-20-23(26(3,4)25(30)28-15-27)19-7-5-6-8-22(19)33-24(20)29-21/h5-14,16,23H,1-4H3,(H,28,30). The molecule has 0 fully saturated rings. The number of hydrogen-bond acceptors (Lipinski definition) is 6. The number of amides is 1. The molecule has 1 unspecified atom stereocenters. The largest absolute Gasteiger partial charge is 0.438 e. The van der Waals surface area contributed by atoms with Crippen LogP contribution in [0.5, 0.6) is 11.6 Å². The van der Waals surface area contributed by atoms with Crippen molar-refractivity contribution in [1.82, 2.24) is 10.3 Å². The van der Waals surface area contributed by atoms with E-state index in [0.29, 0.717) is 17.3 Å². The summed E-state index contributed by atoms with van der Waals surface area (Å²) in [5, 5.41) is 10.8. The summed E-state index contributed by atoms with van der Waals surface area (Å²) in [4.78, 5) is 17.8. The van der Waals surface area contributed by atoms with Crippen LogP contribution >= 0.6 is 0 Å². The molecule has 34 heavy (non-hydrogen) atoms. The van der Waals surface area contributed by atoms with Crippen LogP contribution in [0.3, 0.4) is 0 Å². The number of ether oxygens (including phenoxy) is 1. The normalized spacial score (nSPS) is 15.0. The Hall–Kier alpha value is -3.70. The number of rotatable bonds is 5. The molecule has 174 valence electrons. The van der Waals surface area contributed by atoms with Crippen molar-refractivity contribution < 1.29 is 17.9 Å². The lowest BCUT2D eigenvalue weighted by Crippen LogP contribution is -2.40. The van der Waals surface area contributed by atoms with Crippen LogP contribution in [0.15, 0.2) is 65.6 Å². The number of carbonyl (C=O) groups is 1. The van der Waals surface area contributed by atoms with Gasteiger partial charge >= 0.3 is 0 Å². The highest BCUT2D eigenvalue weighted by Crippen LogP contribution is 2.51. The summed E-state index contributed by atoms with van der Waals surface area (Å²) in [6.45, 7) is 6.88. The van der Waals surface area contributed by atoms with Gasteiger partial charge in [0.15, 0.2) is 16.0 Å². The Morgan fingerprint density at radius 3 is 2.38 bits per heavy atom. The van der Waals surface area contributed by atoms with Crippen molar-refractivity contribution in [2.75, 3.05) is 0 Å². The molecular formula is C26H25N3O4S. The second kappa shape index (κ2) is 8.58. The lowest BCUT2D eigenvalue weighted by atomic mass is 9.69. The maximum absolute atomic E-state index is 12.8. The molecule has 0 saturated heterocycles. The van der Waals surface area contributed by atoms with Crippen molar-refractivity contribution in [3.05, 3.63) is 71.8 Å². The molecule has 1 aliphatic heterocycles. The van der Waals surface area contributed by atoms with Crippen LogP contribution in [0.4, 0.5) is 0 Å². The summed E-state index contributed by atoms with van der Waals surface area (Å²) in [5.74, 6) is 0.188. The number of fused-ring (bicyclic) bond motifs is 2. The van der Waals surface area contributed by atoms with Gasteiger partial charge in [-0.05, 0) is 38.1 Å². The van der Waals surface area contributed by atoms with Crippen molar-refractivity contribution in [2.24, 2.45) is 5.41 Å². The molecule has 1 amide bonds. The third-order valence-electron chi connectivity index (χ3n) is 6.21. The number of para-hydroxylation sites is 1. The Morgan fingerprint density at radius 2 is 1.74 bits per heavy atom. The molecule has 2 heterocycles. The van der Waals surface area contributed by atoms with Crippen LogP contribution < -0.4 is 10.1 Å². The number of pyridine rings is 1. The molecule has 3 aromatic rings. The molecule has 1 aliphatic rings. The maximum atomic E-state index is 12.8. The maximum Gasteiger partial charge on any atom is 0.239 e. The number of aromatic nitrogens is 1. The van der Waals surface area contributed by atoms with Crippen LogP contribution in [0, 0.1) is 16.9 Å². The summed E-state index contributed by atoms with van der Waals surface area (Å²) in [5.41, 5.74) is 1.97. The van der Waals surface area contributed by atoms with Crippen molar-refractivity contribution in [2.45, 2.75) is 43.8 Å². The SMILES string of the molecule is CC(C)S(=O)(=O)c1ccc(-c2ccc3c(n2)Oc2ccccc2C3C(C)(C)C(=O)NC#N)cc1. The van der Waals surface area contributed by atoms with E-state index in [0.717, 1.165) is 16.7 Å². The second-order valence-electron chi connectivity index (χ2n) is 9.07. The van der Waals surface area contributed by atoms with E-state index >= 15 is 0 Å². The van der Waals surface area contributed by atoms with E-state index in [1.807, 2.05) is 36.4 Å². The minimum atomic E-state index is -3.37. The first-order chi connectivity index (χ1) is 16.1. The van der Waals surface area contributed by atoms with Gasteiger partial charge in [-0.2, -0.15) is 5.26 Å². The van der Waals surface area contributed by atoms with Gasteiger partial charge in [0, 0.05) is 22.6 Å². The second-order valence-corrected chi connectivity index (χ2v) is 11.6. The summed E-state index contributed by atoms with van der Waals surface area (Å²) in [6, 6.07) is 17.8. The number of nitrogens with one attached hydrogen (secondary N) is 1. The summed E-state index contributed by atoms with van der Waals surface area (Å²) in [6.07, 6.45) is 1.72. The lowest BCUT2D eigenvalue weighted by molar-refractivity contribution is -0.128. The molecule has 1 atom stereocenters. The lowest BCUT2D eigenvalue weighted by Gasteiger charge is -2.37. The van der Waals surface area contributed by atoms with Gasteiger partial charge in [-0.25, -0.2) is 13.4 Å². The van der Waals surface area contributed by atoms with E-state index in [9.17, 15) is 13.2 Å². The molecule has 0 bridgehead atoms. The van der Waals surface area contributed by atoms with E-state index in [4.69, 9.17) is 15.0 Å². The smallest absolute Gasteiger partial charge is 0.239 e. The first-order valence-corrected chi connectivity index (χ1v) is 12.4. The number of nitriles is 1. The third-order valence-corrected chi connectivity index (χ3v) is 8.38. The van der Waals surface area contributed by atoms with Gasteiger partial charge in [0.2, 0.25) is 11.8 Å². The average molecular weight is 476 g/mol. The van der Waals surface area contributed by atoms with Gasteiger partial charge in [-0.1, -0.05) is 50.2 Å². The van der Waals surface area contributed by atoms with Crippen molar-refractivity contribution in [3.63, 3.8) is 0 Å². The Labute approximate surface area is 199 Å². The highest BCUT2D eigenvalue weighted by molar-refractivity contribution is 7.92. The fourth-order valence-corrected chi connectivity index (χ4v) is 5.26. The number of sulfone groups is 1. The monoisotopic (exact) mass is 475 g/mol. The Kier molecular flexibility index (Phi) is 5.92. The van der Waals surface area contributed by atoms with Crippen LogP contribution in [-0.4, -0.2) is 24.6 Å². The summed E-state index contributed by atoms with van der Waals surface area (Å²) in [7, 11) is -3.37. The molecule has 2 aromatic carbocycles. The zero-order chi connectivity index (χ0) is 24.7. The molecule has 8 heteroatoms. The first-order valence-electron chi connectivity index (χ1n) is 10.9.